The van der Waals surface area contributed by atoms with Crippen LogP contribution in [-0.4, -0.2) is 36.2 Å². The number of nitrogens with zero attached hydrogens (tertiary/aromatic N) is 1. The Morgan fingerprint density at radius 3 is 2.35 bits per heavy atom. The standard InChI is InChI=1S/C14H20N2O/c17-13-5-3-12(4-6-13)14(11-1-2-11)16-9-7-15-8-10-16/h3-6,11,14-15,17H,1-2,7-10H2/t14-/m1/s1. The van der Waals surface area contributed by atoms with Gasteiger partial charge in [-0.1, -0.05) is 12.1 Å². The molecule has 1 saturated carbocycles. The average Bonchev–Trinajstić information content (AvgIpc) is 3.18. The number of phenols is 1. The third kappa shape index (κ3) is 2.45. The minimum Gasteiger partial charge on any atom is -0.508 e. The number of aromatic hydroxyl groups is 1. The van der Waals surface area contributed by atoms with E-state index < -0.39 is 0 Å². The van der Waals surface area contributed by atoms with E-state index in [1.54, 1.807) is 0 Å². The Labute approximate surface area is 102 Å². The molecular weight excluding hydrogens is 212 g/mol. The van der Waals surface area contributed by atoms with Crippen LogP contribution in [-0.2, 0) is 0 Å². The second-order valence-electron chi connectivity index (χ2n) is 5.16. The third-order valence-corrected chi connectivity index (χ3v) is 3.85. The molecular formula is C14H20N2O. The van der Waals surface area contributed by atoms with Gasteiger partial charge in [0.25, 0.3) is 0 Å². The summed E-state index contributed by atoms with van der Waals surface area (Å²) < 4.78 is 0. The Morgan fingerprint density at radius 1 is 1.12 bits per heavy atom. The van der Waals surface area contributed by atoms with Gasteiger partial charge >= 0.3 is 0 Å². The van der Waals surface area contributed by atoms with Crippen molar-refractivity contribution in [1.29, 1.82) is 0 Å². The maximum Gasteiger partial charge on any atom is 0.115 e. The zero-order valence-corrected chi connectivity index (χ0v) is 10.1. The van der Waals surface area contributed by atoms with Crippen LogP contribution in [0.5, 0.6) is 5.75 Å². The summed E-state index contributed by atoms with van der Waals surface area (Å²) in [6.45, 7) is 4.48. The lowest BCUT2D eigenvalue weighted by atomic mass is 10.00. The molecule has 0 aromatic heterocycles. The number of nitrogens with one attached hydrogen (secondary N) is 1. The van der Waals surface area contributed by atoms with E-state index in [0.29, 0.717) is 11.8 Å². The van der Waals surface area contributed by atoms with E-state index in [1.807, 2.05) is 12.1 Å². The van der Waals surface area contributed by atoms with Crippen LogP contribution < -0.4 is 5.32 Å². The fourth-order valence-electron chi connectivity index (χ4n) is 2.82. The van der Waals surface area contributed by atoms with Crippen molar-refractivity contribution in [2.45, 2.75) is 18.9 Å². The van der Waals surface area contributed by atoms with Crippen LogP contribution in [0.4, 0.5) is 0 Å². The van der Waals surface area contributed by atoms with Crippen LogP contribution in [0.1, 0.15) is 24.4 Å². The molecule has 1 aliphatic carbocycles. The Bertz CT molecular complexity index is 366. The van der Waals surface area contributed by atoms with Gasteiger partial charge in [0.2, 0.25) is 0 Å². The zero-order valence-electron chi connectivity index (χ0n) is 10.1. The van der Waals surface area contributed by atoms with Crippen LogP contribution in [0.15, 0.2) is 24.3 Å². The van der Waals surface area contributed by atoms with Crippen LogP contribution >= 0.6 is 0 Å². The second kappa shape index (κ2) is 4.67. The average molecular weight is 232 g/mol. The van der Waals surface area contributed by atoms with Crippen LogP contribution in [0.3, 0.4) is 0 Å². The van der Waals surface area contributed by atoms with Crippen LogP contribution in [0.2, 0.25) is 0 Å². The Morgan fingerprint density at radius 2 is 1.76 bits per heavy atom. The molecule has 0 bridgehead atoms. The molecule has 17 heavy (non-hydrogen) atoms. The van der Waals surface area contributed by atoms with Gasteiger partial charge in [-0.05, 0) is 36.5 Å². The highest BCUT2D eigenvalue weighted by Crippen LogP contribution is 2.44. The molecule has 1 aromatic rings. The lowest BCUT2D eigenvalue weighted by molar-refractivity contribution is 0.156. The molecule has 0 unspecified atom stereocenters. The van der Waals surface area contributed by atoms with Crippen LogP contribution in [0.25, 0.3) is 0 Å². The normalized spacial score (nSPS) is 23.5. The molecule has 1 atom stereocenters. The quantitative estimate of drug-likeness (QED) is 0.833. The van der Waals surface area contributed by atoms with E-state index >= 15 is 0 Å². The van der Waals surface area contributed by atoms with Gasteiger partial charge in [-0.2, -0.15) is 0 Å². The highest BCUT2D eigenvalue weighted by Gasteiger charge is 2.36. The lowest BCUT2D eigenvalue weighted by Crippen LogP contribution is -2.45. The summed E-state index contributed by atoms with van der Waals surface area (Å²) in [5.74, 6) is 1.20. The second-order valence-corrected chi connectivity index (χ2v) is 5.16. The maximum absolute atomic E-state index is 9.38. The fourth-order valence-corrected chi connectivity index (χ4v) is 2.82. The minimum absolute atomic E-state index is 0.364. The molecule has 0 amide bonds. The Hall–Kier alpha value is -1.06. The first kappa shape index (κ1) is 11.1. The molecule has 1 saturated heterocycles. The lowest BCUT2D eigenvalue weighted by Gasteiger charge is -2.35. The number of piperazine rings is 1. The Balaban J connectivity index is 1.81. The summed E-state index contributed by atoms with van der Waals surface area (Å²) in [6, 6.07) is 8.36. The summed E-state index contributed by atoms with van der Waals surface area (Å²) >= 11 is 0. The molecule has 0 radical (unpaired) electrons. The number of hydrogen-bond donors (Lipinski definition) is 2. The van der Waals surface area contributed by atoms with Crippen molar-refractivity contribution in [2.24, 2.45) is 5.92 Å². The topological polar surface area (TPSA) is 35.5 Å². The van der Waals surface area contributed by atoms with Crippen molar-refractivity contribution in [1.82, 2.24) is 10.2 Å². The summed E-state index contributed by atoms with van der Waals surface area (Å²) in [7, 11) is 0. The molecule has 2 N–H and O–H groups in total. The molecule has 2 fully saturated rings. The molecule has 1 aliphatic heterocycles. The van der Waals surface area contributed by atoms with E-state index in [-0.39, 0.29) is 0 Å². The summed E-state index contributed by atoms with van der Waals surface area (Å²) in [5.41, 5.74) is 1.37. The molecule has 0 spiro atoms. The predicted molar refractivity (Wildman–Crippen MR) is 68.0 cm³/mol. The maximum atomic E-state index is 9.38. The summed E-state index contributed by atoms with van der Waals surface area (Å²) in [4.78, 5) is 2.60. The van der Waals surface area contributed by atoms with Crippen molar-refractivity contribution < 1.29 is 5.11 Å². The van der Waals surface area contributed by atoms with E-state index in [1.165, 1.54) is 18.4 Å². The van der Waals surface area contributed by atoms with Gasteiger partial charge < -0.3 is 10.4 Å². The monoisotopic (exact) mass is 232 g/mol. The van der Waals surface area contributed by atoms with Gasteiger partial charge in [0.15, 0.2) is 0 Å². The van der Waals surface area contributed by atoms with Gasteiger partial charge in [-0.25, -0.2) is 0 Å². The van der Waals surface area contributed by atoms with Gasteiger partial charge in [-0.3, -0.25) is 4.90 Å². The largest absolute Gasteiger partial charge is 0.508 e. The summed E-state index contributed by atoms with van der Waals surface area (Å²) in [5, 5.41) is 12.8. The fraction of sp³-hybridized carbons (Fsp3) is 0.571. The first-order valence-electron chi connectivity index (χ1n) is 6.58. The minimum atomic E-state index is 0.364. The van der Waals surface area contributed by atoms with Crippen molar-refractivity contribution in [3.05, 3.63) is 29.8 Å². The third-order valence-electron chi connectivity index (χ3n) is 3.85. The number of hydrogen-bond acceptors (Lipinski definition) is 3. The molecule has 3 rings (SSSR count). The molecule has 1 aromatic carbocycles. The van der Waals surface area contributed by atoms with Crippen LogP contribution in [0, 0.1) is 5.92 Å². The van der Waals surface area contributed by atoms with Gasteiger partial charge in [0.1, 0.15) is 5.75 Å². The van der Waals surface area contributed by atoms with Crippen molar-refractivity contribution in [3.63, 3.8) is 0 Å². The SMILES string of the molecule is Oc1ccc([C@@H](C2CC2)N2CCNCC2)cc1. The smallest absolute Gasteiger partial charge is 0.115 e. The highest BCUT2D eigenvalue weighted by atomic mass is 16.3. The molecule has 1 heterocycles. The predicted octanol–water partition coefficient (Wildman–Crippen LogP) is 1.75. The van der Waals surface area contributed by atoms with Gasteiger partial charge in [0, 0.05) is 32.2 Å². The molecule has 3 heteroatoms. The molecule has 3 nitrogen and oxygen atoms in total. The van der Waals surface area contributed by atoms with E-state index in [0.717, 1.165) is 32.1 Å². The van der Waals surface area contributed by atoms with Crippen molar-refractivity contribution >= 4 is 0 Å². The number of phenolic OH excluding ortho intramolecular Hbond substituents is 1. The summed E-state index contributed by atoms with van der Waals surface area (Å²) in [6.07, 6.45) is 2.71. The molecule has 2 aliphatic rings. The van der Waals surface area contributed by atoms with Crippen molar-refractivity contribution in [2.75, 3.05) is 26.2 Å². The molecule has 92 valence electrons. The van der Waals surface area contributed by atoms with E-state index in [9.17, 15) is 5.11 Å². The number of rotatable bonds is 3. The Kier molecular flexibility index (Phi) is 3.04. The highest BCUT2D eigenvalue weighted by molar-refractivity contribution is 5.29. The zero-order chi connectivity index (χ0) is 11.7. The van der Waals surface area contributed by atoms with E-state index in [4.69, 9.17) is 0 Å². The van der Waals surface area contributed by atoms with Gasteiger partial charge in [-0.15, -0.1) is 0 Å². The first-order chi connectivity index (χ1) is 8.34. The van der Waals surface area contributed by atoms with Gasteiger partial charge in [0.05, 0.1) is 0 Å². The van der Waals surface area contributed by atoms with E-state index in [2.05, 4.69) is 22.3 Å². The first-order valence-corrected chi connectivity index (χ1v) is 6.58. The number of benzene rings is 1. The van der Waals surface area contributed by atoms with Crippen molar-refractivity contribution in [3.8, 4) is 5.75 Å².